The van der Waals surface area contributed by atoms with Gasteiger partial charge in [-0.25, -0.2) is 9.59 Å². The highest BCUT2D eigenvalue weighted by Crippen LogP contribution is 2.39. The van der Waals surface area contributed by atoms with E-state index in [4.69, 9.17) is 18.9 Å². The molecule has 0 unspecified atom stereocenters. The van der Waals surface area contributed by atoms with Crippen LogP contribution in [0.15, 0.2) is 18.2 Å². The Kier molecular flexibility index (Phi) is 4.91. The van der Waals surface area contributed by atoms with Gasteiger partial charge in [-0.05, 0) is 43.0 Å². The third kappa shape index (κ3) is 3.40. The third-order valence-electron chi connectivity index (χ3n) is 4.51. The quantitative estimate of drug-likeness (QED) is 0.766. The molecule has 0 atom stereocenters. The summed E-state index contributed by atoms with van der Waals surface area (Å²) >= 11 is 1.36. The number of aryl methyl sites for hydroxylation is 1. The number of carbonyl (C=O) groups excluding carboxylic acids is 3. The maximum atomic E-state index is 12.2. The van der Waals surface area contributed by atoms with E-state index >= 15 is 0 Å². The molecule has 2 aromatic rings. The first kappa shape index (κ1) is 18.3. The molecule has 0 saturated heterocycles. The van der Waals surface area contributed by atoms with E-state index in [-0.39, 0.29) is 12.4 Å². The van der Waals surface area contributed by atoms with E-state index in [0.29, 0.717) is 22.1 Å². The minimum absolute atomic E-state index is 0.101. The lowest BCUT2D eigenvalue weighted by atomic mass is 10.1. The van der Waals surface area contributed by atoms with Crippen LogP contribution in [0.25, 0.3) is 0 Å². The van der Waals surface area contributed by atoms with Crippen LogP contribution < -0.4 is 14.8 Å². The van der Waals surface area contributed by atoms with Crippen molar-refractivity contribution >= 4 is 34.2 Å². The topological polar surface area (TPSA) is 100 Å². The molecule has 1 aliphatic carbocycles. The molecule has 1 aliphatic heterocycles. The number of thiophene rings is 1. The monoisotopic (exact) mass is 403 g/mol. The molecule has 1 aromatic heterocycles. The number of carbonyl (C=O) groups is 3. The molecule has 9 heteroatoms. The van der Waals surface area contributed by atoms with Gasteiger partial charge in [0, 0.05) is 4.88 Å². The van der Waals surface area contributed by atoms with Crippen molar-refractivity contribution in [1.82, 2.24) is 0 Å². The zero-order valence-corrected chi connectivity index (χ0v) is 15.9. The van der Waals surface area contributed by atoms with E-state index in [1.165, 1.54) is 30.6 Å². The number of benzene rings is 1. The fraction of sp³-hybridized carbons (Fsp3) is 0.316. The number of fused-ring (bicyclic) bond motifs is 2. The number of hydrogen-bond acceptors (Lipinski definition) is 8. The number of anilines is 1. The van der Waals surface area contributed by atoms with E-state index in [0.717, 1.165) is 29.7 Å². The van der Waals surface area contributed by atoms with Crippen molar-refractivity contribution in [3.8, 4) is 11.5 Å². The van der Waals surface area contributed by atoms with Crippen LogP contribution in [0.1, 0.15) is 37.6 Å². The molecule has 1 amide bonds. The average Bonchev–Trinajstić information content (AvgIpc) is 3.40. The smallest absolute Gasteiger partial charge is 0.341 e. The number of methoxy groups -OCH3 is 1. The van der Waals surface area contributed by atoms with Crippen molar-refractivity contribution in [3.63, 3.8) is 0 Å². The molecule has 0 radical (unpaired) electrons. The van der Waals surface area contributed by atoms with Gasteiger partial charge in [-0.3, -0.25) is 4.79 Å². The van der Waals surface area contributed by atoms with Crippen LogP contribution in [0.2, 0.25) is 0 Å². The largest absolute Gasteiger partial charge is 0.465 e. The zero-order chi connectivity index (χ0) is 19.7. The van der Waals surface area contributed by atoms with E-state index in [1.54, 1.807) is 6.07 Å². The summed E-state index contributed by atoms with van der Waals surface area (Å²) in [4.78, 5) is 37.6. The van der Waals surface area contributed by atoms with Gasteiger partial charge in [0.1, 0.15) is 5.00 Å². The Morgan fingerprint density at radius 1 is 1.14 bits per heavy atom. The van der Waals surface area contributed by atoms with Crippen LogP contribution >= 0.6 is 11.3 Å². The van der Waals surface area contributed by atoms with Gasteiger partial charge in [0.05, 0.1) is 18.2 Å². The van der Waals surface area contributed by atoms with Crippen molar-refractivity contribution in [1.29, 1.82) is 0 Å². The second kappa shape index (κ2) is 7.51. The maximum Gasteiger partial charge on any atom is 0.341 e. The molecule has 2 aliphatic rings. The van der Waals surface area contributed by atoms with Gasteiger partial charge in [-0.15, -0.1) is 11.3 Å². The number of amides is 1. The summed E-state index contributed by atoms with van der Waals surface area (Å²) in [5.74, 6) is -0.661. The van der Waals surface area contributed by atoms with Gasteiger partial charge >= 0.3 is 11.9 Å². The van der Waals surface area contributed by atoms with Gasteiger partial charge in [-0.1, -0.05) is 0 Å². The molecule has 0 spiro atoms. The predicted octanol–water partition coefficient (Wildman–Crippen LogP) is 2.55. The van der Waals surface area contributed by atoms with Crippen molar-refractivity contribution in [2.45, 2.75) is 19.3 Å². The number of nitrogens with one attached hydrogen (secondary N) is 1. The SMILES string of the molecule is COC(=O)c1c(NC(=O)COC(=O)c2ccc3c(c2)OCO3)sc2c1CCC2. The predicted molar refractivity (Wildman–Crippen MR) is 99.2 cm³/mol. The van der Waals surface area contributed by atoms with Crippen LogP contribution in [-0.4, -0.2) is 38.4 Å². The lowest BCUT2D eigenvalue weighted by molar-refractivity contribution is -0.119. The number of ether oxygens (including phenoxy) is 4. The summed E-state index contributed by atoms with van der Waals surface area (Å²) in [6, 6.07) is 4.64. The van der Waals surface area contributed by atoms with E-state index in [9.17, 15) is 14.4 Å². The molecular formula is C19H17NO7S. The fourth-order valence-electron chi connectivity index (χ4n) is 3.21. The Morgan fingerprint density at radius 2 is 1.96 bits per heavy atom. The Balaban J connectivity index is 1.40. The van der Waals surface area contributed by atoms with Gasteiger partial charge in [0.25, 0.3) is 5.91 Å². The summed E-state index contributed by atoms with van der Waals surface area (Å²) in [5.41, 5.74) is 1.59. The van der Waals surface area contributed by atoms with Crippen LogP contribution in [0.3, 0.4) is 0 Å². The molecule has 0 saturated carbocycles. The Bertz CT molecular complexity index is 965. The summed E-state index contributed by atoms with van der Waals surface area (Å²) in [5, 5.41) is 3.09. The number of esters is 2. The second-order valence-electron chi connectivity index (χ2n) is 6.25. The van der Waals surface area contributed by atoms with Crippen LogP contribution in [0.5, 0.6) is 11.5 Å². The standard InChI is InChI=1S/C19H17NO7S/c1-24-19(23)16-11-3-2-4-14(11)28-17(16)20-15(21)8-25-18(22)10-5-6-12-13(7-10)27-9-26-12/h5-7H,2-4,8-9H2,1H3,(H,20,21). The molecule has 1 aromatic carbocycles. The first-order valence-corrected chi connectivity index (χ1v) is 9.48. The van der Waals surface area contributed by atoms with Crippen molar-refractivity contribution < 1.29 is 33.3 Å². The van der Waals surface area contributed by atoms with Gasteiger partial charge in [0.2, 0.25) is 6.79 Å². The Hall–Kier alpha value is -3.07. The molecule has 4 rings (SSSR count). The van der Waals surface area contributed by atoms with Gasteiger partial charge in [0.15, 0.2) is 18.1 Å². The first-order valence-electron chi connectivity index (χ1n) is 8.66. The summed E-state index contributed by atoms with van der Waals surface area (Å²) in [6.45, 7) is -0.375. The van der Waals surface area contributed by atoms with Crippen molar-refractivity contribution in [2.24, 2.45) is 0 Å². The molecular weight excluding hydrogens is 386 g/mol. The highest BCUT2D eigenvalue weighted by atomic mass is 32.1. The highest BCUT2D eigenvalue weighted by molar-refractivity contribution is 7.17. The molecule has 1 N–H and O–H groups in total. The number of rotatable bonds is 5. The van der Waals surface area contributed by atoms with E-state index in [2.05, 4.69) is 5.32 Å². The minimum atomic E-state index is -0.657. The van der Waals surface area contributed by atoms with Gasteiger partial charge in [-0.2, -0.15) is 0 Å². The molecule has 8 nitrogen and oxygen atoms in total. The zero-order valence-electron chi connectivity index (χ0n) is 15.0. The molecule has 0 fully saturated rings. The Morgan fingerprint density at radius 3 is 2.79 bits per heavy atom. The molecule has 146 valence electrons. The lowest BCUT2D eigenvalue weighted by Crippen LogP contribution is -2.21. The van der Waals surface area contributed by atoms with Crippen LogP contribution in [-0.2, 0) is 27.1 Å². The molecule has 0 bridgehead atoms. The Labute approximate surface area is 164 Å². The first-order chi connectivity index (χ1) is 13.6. The second-order valence-corrected chi connectivity index (χ2v) is 7.35. The summed E-state index contributed by atoms with van der Waals surface area (Å²) in [6.07, 6.45) is 2.64. The molecule has 28 heavy (non-hydrogen) atoms. The van der Waals surface area contributed by atoms with Crippen LogP contribution in [0.4, 0.5) is 5.00 Å². The normalized spacial score (nSPS) is 13.8. The van der Waals surface area contributed by atoms with E-state index < -0.39 is 24.5 Å². The van der Waals surface area contributed by atoms with Crippen molar-refractivity contribution in [3.05, 3.63) is 39.8 Å². The maximum absolute atomic E-state index is 12.2. The minimum Gasteiger partial charge on any atom is -0.465 e. The van der Waals surface area contributed by atoms with E-state index in [1.807, 2.05) is 0 Å². The van der Waals surface area contributed by atoms with Gasteiger partial charge < -0.3 is 24.3 Å². The summed E-state index contributed by atoms with van der Waals surface area (Å²) < 4.78 is 20.3. The lowest BCUT2D eigenvalue weighted by Gasteiger charge is -2.08. The fourth-order valence-corrected chi connectivity index (χ4v) is 4.50. The van der Waals surface area contributed by atoms with Crippen LogP contribution in [0, 0.1) is 0 Å². The molecule has 2 heterocycles. The summed E-state index contributed by atoms with van der Waals surface area (Å²) in [7, 11) is 1.31. The third-order valence-corrected chi connectivity index (χ3v) is 5.71. The average molecular weight is 403 g/mol. The van der Waals surface area contributed by atoms with Crippen molar-refractivity contribution in [2.75, 3.05) is 25.8 Å². The number of hydrogen-bond donors (Lipinski definition) is 1. The highest BCUT2D eigenvalue weighted by Gasteiger charge is 2.28.